The fraction of sp³-hybridized carbons (Fsp3) is 0.194. The second kappa shape index (κ2) is 13.1. The van der Waals surface area contributed by atoms with Crippen molar-refractivity contribution in [3.63, 3.8) is 0 Å². The Morgan fingerprint density at radius 3 is 2.47 bits per heavy atom. The Labute approximate surface area is 275 Å². The second-order valence-corrected chi connectivity index (χ2v) is 12.5. The molecule has 0 saturated carbocycles. The maximum atomic E-state index is 14.4. The van der Waals surface area contributed by atoms with Crippen LogP contribution in [0.15, 0.2) is 102 Å². The van der Waals surface area contributed by atoms with Crippen molar-refractivity contribution in [2.24, 2.45) is 0 Å². The molecule has 1 N–H and O–H groups in total. The molecule has 3 heterocycles. The van der Waals surface area contributed by atoms with Crippen LogP contribution in [0, 0.1) is 0 Å². The van der Waals surface area contributed by atoms with Gasteiger partial charge in [-0.1, -0.05) is 85.8 Å². The Kier molecular flexibility index (Phi) is 8.36. The van der Waals surface area contributed by atoms with E-state index in [1.165, 1.54) is 11.3 Å². The normalized spacial score (nSPS) is 12.7. The fourth-order valence-electron chi connectivity index (χ4n) is 5.57. The van der Waals surface area contributed by atoms with E-state index in [1.54, 1.807) is 27.8 Å². The smallest absolute Gasteiger partial charge is 0.251 e. The van der Waals surface area contributed by atoms with Gasteiger partial charge >= 0.3 is 0 Å². The second-order valence-electron chi connectivity index (χ2n) is 11.5. The molecule has 6 aromatic rings. The zero-order valence-corrected chi connectivity index (χ0v) is 26.7. The fourth-order valence-corrected chi connectivity index (χ4v) is 6.37. The van der Waals surface area contributed by atoms with E-state index in [0.717, 1.165) is 22.3 Å². The molecule has 47 heavy (non-hydrogen) atoms. The van der Waals surface area contributed by atoms with E-state index >= 15 is 0 Å². The number of ether oxygens (including phenoxy) is 2. The first-order valence-electron chi connectivity index (χ1n) is 15.3. The molecule has 236 valence electrons. The van der Waals surface area contributed by atoms with Crippen LogP contribution in [0.5, 0.6) is 11.5 Å². The maximum Gasteiger partial charge on any atom is 0.251 e. The Morgan fingerprint density at radius 2 is 1.66 bits per heavy atom. The molecule has 1 aliphatic heterocycles. The number of hydrogen-bond donors (Lipinski definition) is 1. The highest BCUT2D eigenvalue weighted by molar-refractivity contribution is 7.09. The number of aromatic nitrogens is 4. The summed E-state index contributed by atoms with van der Waals surface area (Å²) in [6.07, 6.45) is 0. The molecule has 4 aromatic carbocycles. The zero-order chi connectivity index (χ0) is 32.3. The van der Waals surface area contributed by atoms with Crippen LogP contribution in [0.4, 0.5) is 5.69 Å². The van der Waals surface area contributed by atoms with E-state index in [1.807, 2.05) is 84.2 Å². The third-order valence-corrected chi connectivity index (χ3v) is 8.91. The number of para-hydroxylation sites is 1. The van der Waals surface area contributed by atoms with Crippen molar-refractivity contribution < 1.29 is 19.1 Å². The predicted octanol–water partition coefficient (Wildman–Crippen LogP) is 6.82. The van der Waals surface area contributed by atoms with E-state index in [-0.39, 0.29) is 31.7 Å². The number of fused-ring (bicyclic) bond motifs is 2. The molecule has 10 nitrogen and oxygen atoms in total. The molecule has 1 atom stereocenters. The molecule has 0 radical (unpaired) electrons. The van der Waals surface area contributed by atoms with Crippen LogP contribution in [0.3, 0.4) is 0 Å². The molecule has 1 aliphatic rings. The third-order valence-electron chi connectivity index (χ3n) is 8.07. The molecule has 0 saturated heterocycles. The number of benzene rings is 4. The monoisotopic (exact) mass is 644 g/mol. The number of nitrogens with one attached hydrogen (secondary N) is 1. The Balaban J connectivity index is 1.28. The van der Waals surface area contributed by atoms with Crippen LogP contribution in [-0.4, -0.2) is 43.5 Å². The summed E-state index contributed by atoms with van der Waals surface area (Å²) in [6.45, 7) is 4.34. The zero-order valence-electron chi connectivity index (χ0n) is 25.9. The molecular formula is C36H32N6O4S. The standard InChI is InChI=1S/C36H32N6O4S/c1-23(2)24-12-14-26(15-13-24)35(36(44)37-27-16-17-31-32(18-27)46-22-45-31)41(19-33-38-29(21-47-33)25-8-4-3-5-9-25)34(43)20-42-30-11-7-6-10-28(30)39-40-42/h3-18,21,23,35H,19-20,22H2,1-2H3,(H,37,44). The van der Waals surface area contributed by atoms with E-state index < -0.39 is 6.04 Å². The topological polar surface area (TPSA) is 111 Å². The molecule has 0 aliphatic carbocycles. The minimum absolute atomic E-state index is 0.105. The van der Waals surface area contributed by atoms with Crippen LogP contribution in [0.1, 0.15) is 41.9 Å². The van der Waals surface area contributed by atoms with Gasteiger partial charge in [-0.3, -0.25) is 9.59 Å². The van der Waals surface area contributed by atoms with E-state index in [2.05, 4.69) is 29.5 Å². The van der Waals surface area contributed by atoms with Gasteiger partial charge in [-0.25, -0.2) is 9.67 Å². The molecule has 11 heteroatoms. The van der Waals surface area contributed by atoms with Gasteiger partial charge in [0.05, 0.1) is 17.8 Å². The van der Waals surface area contributed by atoms with Crippen LogP contribution in [0.2, 0.25) is 0 Å². The Morgan fingerprint density at radius 1 is 0.915 bits per heavy atom. The molecule has 2 aromatic heterocycles. The summed E-state index contributed by atoms with van der Waals surface area (Å²) in [6, 6.07) is 29.4. The van der Waals surface area contributed by atoms with Crippen molar-refractivity contribution in [2.45, 2.75) is 38.9 Å². The summed E-state index contributed by atoms with van der Waals surface area (Å²) in [5.74, 6) is 0.769. The van der Waals surface area contributed by atoms with Crippen LogP contribution in [0.25, 0.3) is 22.3 Å². The van der Waals surface area contributed by atoms with Gasteiger partial charge in [0, 0.05) is 22.7 Å². The lowest BCUT2D eigenvalue weighted by Crippen LogP contribution is -2.42. The minimum atomic E-state index is -0.993. The third kappa shape index (κ3) is 6.43. The number of rotatable bonds is 10. The van der Waals surface area contributed by atoms with Gasteiger partial charge in [0.1, 0.15) is 23.1 Å². The van der Waals surface area contributed by atoms with Gasteiger partial charge in [-0.05, 0) is 41.3 Å². The highest BCUT2D eigenvalue weighted by Gasteiger charge is 2.33. The number of anilines is 1. The van der Waals surface area contributed by atoms with Crippen LogP contribution >= 0.6 is 11.3 Å². The van der Waals surface area contributed by atoms with E-state index in [0.29, 0.717) is 39.2 Å². The molecule has 2 amide bonds. The number of thiazole rings is 1. The lowest BCUT2D eigenvalue weighted by atomic mass is 9.97. The first-order chi connectivity index (χ1) is 22.9. The summed E-state index contributed by atoms with van der Waals surface area (Å²) < 4.78 is 12.6. The van der Waals surface area contributed by atoms with Crippen molar-refractivity contribution in [2.75, 3.05) is 12.1 Å². The predicted molar refractivity (Wildman–Crippen MR) is 180 cm³/mol. The molecule has 7 rings (SSSR count). The summed E-state index contributed by atoms with van der Waals surface area (Å²) >= 11 is 1.45. The molecular weight excluding hydrogens is 613 g/mol. The largest absolute Gasteiger partial charge is 0.454 e. The summed E-state index contributed by atoms with van der Waals surface area (Å²) in [7, 11) is 0. The highest BCUT2D eigenvalue weighted by atomic mass is 32.1. The summed E-state index contributed by atoms with van der Waals surface area (Å²) in [5.41, 5.74) is 5.52. The van der Waals surface area contributed by atoms with Crippen molar-refractivity contribution in [3.05, 3.63) is 119 Å². The quantitative estimate of drug-likeness (QED) is 0.174. The number of carbonyl (C=O) groups excluding carboxylic acids is 2. The average Bonchev–Trinajstić information content (AvgIpc) is 3.85. The highest BCUT2D eigenvalue weighted by Crippen LogP contribution is 2.35. The van der Waals surface area contributed by atoms with Gasteiger partial charge in [-0.15, -0.1) is 16.4 Å². The lowest BCUT2D eigenvalue weighted by molar-refractivity contribution is -0.140. The van der Waals surface area contributed by atoms with Crippen molar-refractivity contribution in [3.8, 4) is 22.8 Å². The van der Waals surface area contributed by atoms with Crippen molar-refractivity contribution >= 4 is 39.9 Å². The number of nitrogens with zero attached hydrogens (tertiary/aromatic N) is 5. The minimum Gasteiger partial charge on any atom is -0.454 e. The van der Waals surface area contributed by atoms with Crippen LogP contribution in [-0.2, 0) is 22.7 Å². The van der Waals surface area contributed by atoms with E-state index in [4.69, 9.17) is 14.5 Å². The summed E-state index contributed by atoms with van der Waals surface area (Å²) in [5, 5.41) is 14.2. The van der Waals surface area contributed by atoms with Crippen molar-refractivity contribution in [1.29, 1.82) is 0 Å². The molecule has 0 fully saturated rings. The summed E-state index contributed by atoms with van der Waals surface area (Å²) in [4.78, 5) is 35.3. The Hall–Kier alpha value is -5.55. The maximum absolute atomic E-state index is 14.4. The van der Waals surface area contributed by atoms with Gasteiger partial charge in [0.2, 0.25) is 12.7 Å². The first kappa shape index (κ1) is 30.1. The van der Waals surface area contributed by atoms with Gasteiger partial charge in [-0.2, -0.15) is 0 Å². The SMILES string of the molecule is CC(C)c1ccc(C(C(=O)Nc2ccc3c(c2)OCO3)N(Cc2nc(-c3ccccc3)cs2)C(=O)Cn2nnc3ccccc32)cc1. The molecule has 0 spiro atoms. The van der Waals surface area contributed by atoms with Crippen LogP contribution < -0.4 is 14.8 Å². The molecule has 1 unspecified atom stereocenters. The van der Waals surface area contributed by atoms with Gasteiger partial charge in [0.25, 0.3) is 5.91 Å². The number of amides is 2. The molecule has 0 bridgehead atoms. The average molecular weight is 645 g/mol. The van der Waals surface area contributed by atoms with Gasteiger partial charge < -0.3 is 19.7 Å². The Bertz CT molecular complexity index is 2040. The van der Waals surface area contributed by atoms with Crippen molar-refractivity contribution in [1.82, 2.24) is 24.9 Å². The lowest BCUT2D eigenvalue weighted by Gasteiger charge is -2.31. The van der Waals surface area contributed by atoms with E-state index in [9.17, 15) is 9.59 Å². The number of carbonyl (C=O) groups is 2. The van der Waals surface area contributed by atoms with Gasteiger partial charge in [0.15, 0.2) is 11.5 Å². The first-order valence-corrected chi connectivity index (χ1v) is 16.2. The number of hydrogen-bond acceptors (Lipinski definition) is 8.